The van der Waals surface area contributed by atoms with E-state index in [1.54, 1.807) is 0 Å². The Morgan fingerprint density at radius 1 is 1.06 bits per heavy atom. The summed E-state index contributed by atoms with van der Waals surface area (Å²) in [6.45, 7) is 2.23. The van der Waals surface area contributed by atoms with E-state index < -0.39 is 5.97 Å². The molecule has 16 heavy (non-hydrogen) atoms. The second kappa shape index (κ2) is 13.2. The average molecular weight is 269 g/mol. The number of halogens is 1. The fraction of sp³-hybridized carbons (Fsp3) is 0.917. The second-order valence-corrected chi connectivity index (χ2v) is 6.48. The molecule has 2 nitrogen and oxygen atoms in total. The van der Waals surface area contributed by atoms with Gasteiger partial charge in [-0.25, -0.2) is 0 Å². The number of rotatable bonds is 10. The average Bonchev–Trinajstić information content (AvgIpc) is 2.20. The molecule has 0 radical (unpaired) electrons. The first-order valence-corrected chi connectivity index (χ1v) is 7.95. The minimum atomic E-state index is -0.655. The van der Waals surface area contributed by atoms with Crippen molar-refractivity contribution in [3.05, 3.63) is 0 Å². The van der Waals surface area contributed by atoms with Crippen LogP contribution in [0.5, 0.6) is 0 Å². The van der Waals surface area contributed by atoms with Crippen molar-refractivity contribution < 1.29 is 22.3 Å². The smallest absolute Gasteiger partial charge is 0.308 e. The molecule has 4 heteroatoms. The summed E-state index contributed by atoms with van der Waals surface area (Å²) >= 11 is 0. The van der Waals surface area contributed by atoms with Gasteiger partial charge in [0, 0.05) is 0 Å². The molecule has 0 aliphatic carbocycles. The van der Waals surface area contributed by atoms with Crippen LogP contribution in [-0.4, -0.2) is 28.8 Å². The summed E-state index contributed by atoms with van der Waals surface area (Å²) in [6.07, 6.45) is 10.5. The van der Waals surface area contributed by atoms with Crippen molar-refractivity contribution in [1.82, 2.24) is 0 Å². The summed E-state index contributed by atoms with van der Waals surface area (Å²) in [7, 11) is 0.321. The summed E-state index contributed by atoms with van der Waals surface area (Å²) < 4.78 is 0. The van der Waals surface area contributed by atoms with Gasteiger partial charge in [-0.15, -0.1) is 0 Å². The van der Waals surface area contributed by atoms with Crippen LogP contribution >= 0.6 is 0 Å². The zero-order chi connectivity index (χ0) is 11.5. The lowest BCUT2D eigenvalue weighted by Crippen LogP contribution is -3.00. The van der Waals surface area contributed by atoms with E-state index in [-0.39, 0.29) is 12.4 Å². The SMILES string of the molecule is CCCCCCCC[S+](C)CCC(=O)O.[Cl-]. The van der Waals surface area contributed by atoms with E-state index in [9.17, 15) is 4.79 Å². The number of carboxylic acid groups (broad SMARTS) is 1. The van der Waals surface area contributed by atoms with Crippen molar-refractivity contribution in [3.8, 4) is 0 Å². The van der Waals surface area contributed by atoms with Crippen LogP contribution in [0.3, 0.4) is 0 Å². The van der Waals surface area contributed by atoms with Crippen LogP contribution in [0.1, 0.15) is 51.9 Å². The third kappa shape index (κ3) is 14.1. The van der Waals surface area contributed by atoms with Gasteiger partial charge in [0.25, 0.3) is 0 Å². The molecular weight excluding hydrogens is 244 g/mol. The van der Waals surface area contributed by atoms with Crippen molar-refractivity contribution in [1.29, 1.82) is 0 Å². The zero-order valence-corrected chi connectivity index (χ0v) is 12.1. The van der Waals surface area contributed by atoms with Crippen molar-refractivity contribution in [3.63, 3.8) is 0 Å². The van der Waals surface area contributed by atoms with Gasteiger partial charge < -0.3 is 17.5 Å². The lowest BCUT2D eigenvalue weighted by atomic mass is 10.1. The first-order chi connectivity index (χ1) is 7.16. The molecule has 1 unspecified atom stereocenters. The molecule has 0 spiro atoms. The highest BCUT2D eigenvalue weighted by molar-refractivity contribution is 7.96. The third-order valence-electron chi connectivity index (χ3n) is 2.51. The molecule has 98 valence electrons. The van der Waals surface area contributed by atoms with Gasteiger partial charge in [0.15, 0.2) is 0 Å². The molecule has 0 heterocycles. The Kier molecular flexibility index (Phi) is 15.2. The van der Waals surface area contributed by atoms with E-state index in [2.05, 4.69) is 13.2 Å². The lowest BCUT2D eigenvalue weighted by molar-refractivity contribution is -0.136. The summed E-state index contributed by atoms with van der Waals surface area (Å²) in [5.41, 5.74) is 0. The summed E-state index contributed by atoms with van der Waals surface area (Å²) in [5, 5.41) is 8.54. The highest BCUT2D eigenvalue weighted by Crippen LogP contribution is 2.07. The first-order valence-electron chi connectivity index (χ1n) is 5.97. The quantitative estimate of drug-likeness (QED) is 0.450. The summed E-state index contributed by atoms with van der Waals surface area (Å²) in [5.74, 6) is 1.43. The largest absolute Gasteiger partial charge is 1.00 e. The molecule has 0 saturated heterocycles. The molecule has 0 bridgehead atoms. The molecule has 0 amide bonds. The van der Waals surface area contributed by atoms with Crippen molar-refractivity contribution >= 4 is 16.9 Å². The fourth-order valence-corrected chi connectivity index (χ4v) is 2.92. The molecule has 0 aromatic heterocycles. The predicted octanol–water partition coefficient (Wildman–Crippen LogP) is 0.0737. The van der Waals surface area contributed by atoms with Crippen LogP contribution in [0.25, 0.3) is 0 Å². The van der Waals surface area contributed by atoms with E-state index in [1.165, 1.54) is 44.3 Å². The van der Waals surface area contributed by atoms with E-state index in [4.69, 9.17) is 5.11 Å². The Hall–Kier alpha value is 0.110. The highest BCUT2D eigenvalue weighted by Gasteiger charge is 2.12. The Morgan fingerprint density at radius 3 is 2.19 bits per heavy atom. The minimum absolute atomic E-state index is 0. The van der Waals surface area contributed by atoms with Gasteiger partial charge in [-0.05, 0) is 23.7 Å². The van der Waals surface area contributed by atoms with Gasteiger partial charge in [0.05, 0.1) is 12.7 Å². The van der Waals surface area contributed by atoms with E-state index in [1.807, 2.05) is 0 Å². The number of aliphatic carboxylic acids is 1. The maximum atomic E-state index is 10.4. The molecule has 1 atom stereocenters. The summed E-state index contributed by atoms with van der Waals surface area (Å²) in [4.78, 5) is 10.4. The van der Waals surface area contributed by atoms with Crippen molar-refractivity contribution in [2.75, 3.05) is 17.8 Å². The maximum absolute atomic E-state index is 10.4. The van der Waals surface area contributed by atoms with Crippen LogP contribution in [0, 0.1) is 0 Å². The molecule has 0 saturated carbocycles. The zero-order valence-electron chi connectivity index (χ0n) is 10.5. The third-order valence-corrected chi connectivity index (χ3v) is 4.40. The Balaban J connectivity index is 0. The van der Waals surface area contributed by atoms with Gasteiger partial charge in [0.2, 0.25) is 0 Å². The van der Waals surface area contributed by atoms with E-state index >= 15 is 0 Å². The molecule has 1 N–H and O–H groups in total. The van der Waals surface area contributed by atoms with Crippen molar-refractivity contribution in [2.24, 2.45) is 0 Å². The molecular formula is C12H25ClO2S. The number of carbonyl (C=O) groups is 1. The number of hydrogen-bond acceptors (Lipinski definition) is 1. The minimum Gasteiger partial charge on any atom is -1.00 e. The molecule has 0 fully saturated rings. The predicted molar refractivity (Wildman–Crippen MR) is 68.7 cm³/mol. The van der Waals surface area contributed by atoms with Gasteiger partial charge in [0.1, 0.15) is 11.5 Å². The lowest BCUT2D eigenvalue weighted by Gasteiger charge is -2.02. The van der Waals surface area contributed by atoms with Gasteiger partial charge in [-0.3, -0.25) is 4.79 Å². The standard InChI is InChI=1S/C12H24O2S.ClH/c1-3-4-5-6-7-8-10-15(2)11-9-12(13)14;/h3-11H2,1-2H3;1H. The van der Waals surface area contributed by atoms with Gasteiger partial charge in [-0.2, -0.15) is 0 Å². The molecule has 0 aromatic carbocycles. The highest BCUT2D eigenvalue weighted by atomic mass is 35.5. The number of carboxylic acids is 1. The molecule has 0 rings (SSSR count). The molecule has 0 aromatic rings. The fourth-order valence-electron chi connectivity index (χ4n) is 1.49. The normalized spacial score (nSPS) is 11.9. The topological polar surface area (TPSA) is 37.3 Å². The number of hydrogen-bond donors (Lipinski definition) is 1. The first kappa shape index (κ1) is 18.5. The monoisotopic (exact) mass is 268 g/mol. The summed E-state index contributed by atoms with van der Waals surface area (Å²) in [6, 6.07) is 0. The van der Waals surface area contributed by atoms with Gasteiger partial charge >= 0.3 is 5.97 Å². The van der Waals surface area contributed by atoms with E-state index in [0.29, 0.717) is 17.3 Å². The van der Waals surface area contributed by atoms with Crippen LogP contribution in [-0.2, 0) is 15.7 Å². The van der Waals surface area contributed by atoms with Crippen LogP contribution in [0.4, 0.5) is 0 Å². The van der Waals surface area contributed by atoms with Gasteiger partial charge in [-0.1, -0.05) is 32.6 Å². The Bertz CT molecular complexity index is 165. The Labute approximate surface area is 109 Å². The van der Waals surface area contributed by atoms with Crippen LogP contribution in [0.2, 0.25) is 0 Å². The van der Waals surface area contributed by atoms with E-state index in [0.717, 1.165) is 5.75 Å². The molecule has 0 aliphatic rings. The molecule has 0 aliphatic heterocycles. The Morgan fingerprint density at radius 2 is 1.62 bits per heavy atom. The van der Waals surface area contributed by atoms with Crippen LogP contribution < -0.4 is 12.4 Å². The number of unbranched alkanes of at least 4 members (excludes halogenated alkanes) is 5. The van der Waals surface area contributed by atoms with Crippen LogP contribution in [0.15, 0.2) is 0 Å². The van der Waals surface area contributed by atoms with Crippen molar-refractivity contribution in [2.45, 2.75) is 51.9 Å². The second-order valence-electron chi connectivity index (χ2n) is 4.10. The maximum Gasteiger partial charge on any atom is 0.308 e.